The maximum absolute atomic E-state index is 11.5. The summed E-state index contributed by atoms with van der Waals surface area (Å²) in [5.41, 5.74) is 1.74. The van der Waals surface area contributed by atoms with Gasteiger partial charge in [-0.2, -0.15) is 0 Å². The van der Waals surface area contributed by atoms with E-state index >= 15 is 0 Å². The number of allylic oxidation sites excluding steroid dienone is 1. The van der Waals surface area contributed by atoms with Crippen LogP contribution in [0.2, 0.25) is 0 Å². The number of hydrogen-bond acceptors (Lipinski definition) is 3. The molecule has 1 heterocycles. The Balaban J connectivity index is 1.93. The molecule has 1 aromatic heterocycles. The van der Waals surface area contributed by atoms with Crippen LogP contribution in [0.4, 0.5) is 4.79 Å². The molecule has 0 saturated carbocycles. The number of amides is 1. The van der Waals surface area contributed by atoms with E-state index in [1.807, 2.05) is 26.8 Å². The van der Waals surface area contributed by atoms with E-state index in [-0.39, 0.29) is 6.09 Å². The largest absolute Gasteiger partial charge is 0.444 e. The van der Waals surface area contributed by atoms with Crippen molar-refractivity contribution in [3.63, 3.8) is 0 Å². The van der Waals surface area contributed by atoms with Gasteiger partial charge in [0.15, 0.2) is 0 Å². The van der Waals surface area contributed by atoms with Crippen LogP contribution >= 0.6 is 11.3 Å². The zero-order chi connectivity index (χ0) is 11.8. The van der Waals surface area contributed by atoms with E-state index < -0.39 is 5.60 Å². The lowest BCUT2D eigenvalue weighted by Crippen LogP contribution is -2.32. The van der Waals surface area contributed by atoms with Gasteiger partial charge in [-0.05, 0) is 43.9 Å². The summed E-state index contributed by atoms with van der Waals surface area (Å²) in [5, 5.41) is 4.84. The molecule has 0 unspecified atom stereocenters. The molecule has 4 heteroatoms. The lowest BCUT2D eigenvalue weighted by molar-refractivity contribution is 0.0546. The highest BCUT2D eigenvalue weighted by molar-refractivity contribution is 7.11. The second kappa shape index (κ2) is 3.94. The lowest BCUT2D eigenvalue weighted by Gasteiger charge is -2.19. The molecule has 1 aromatic rings. The average Bonchev–Trinajstić information content (AvgIpc) is 2.58. The second-order valence-corrected chi connectivity index (χ2v) is 5.73. The highest BCUT2D eigenvalue weighted by atomic mass is 32.1. The van der Waals surface area contributed by atoms with Gasteiger partial charge in [0.1, 0.15) is 5.60 Å². The minimum Gasteiger partial charge on any atom is -0.444 e. The normalized spacial score (nSPS) is 14.3. The molecule has 3 nitrogen and oxygen atoms in total. The van der Waals surface area contributed by atoms with E-state index in [0.29, 0.717) is 0 Å². The smallest absolute Gasteiger partial charge is 0.411 e. The molecule has 86 valence electrons. The first-order chi connectivity index (χ1) is 7.44. The molecular formula is C12H15NO2S. The molecule has 16 heavy (non-hydrogen) atoms. The van der Waals surface area contributed by atoms with Crippen LogP contribution in [-0.4, -0.2) is 11.7 Å². The standard InChI is InChI=1S/C12H15NO2S/c1-12(2,3)15-11(14)13-9-6-8-4-5-16-10(8)7-9/h4-5,7H,6H2,1-3H3,(H,13,14). The molecule has 0 radical (unpaired) electrons. The topological polar surface area (TPSA) is 38.3 Å². The van der Waals surface area contributed by atoms with Crippen LogP contribution in [0.15, 0.2) is 17.1 Å². The third-order valence-corrected chi connectivity index (χ3v) is 3.03. The van der Waals surface area contributed by atoms with Gasteiger partial charge in [-0.25, -0.2) is 4.79 Å². The molecule has 0 bridgehead atoms. The summed E-state index contributed by atoms with van der Waals surface area (Å²) in [6, 6.07) is 2.08. The van der Waals surface area contributed by atoms with Crippen LogP contribution < -0.4 is 5.32 Å². The molecule has 1 N–H and O–H groups in total. The zero-order valence-corrected chi connectivity index (χ0v) is 10.5. The molecule has 1 aliphatic rings. The number of carbonyl (C=O) groups excluding carboxylic acids is 1. The van der Waals surface area contributed by atoms with Crippen molar-refractivity contribution in [1.82, 2.24) is 5.32 Å². The highest BCUT2D eigenvalue weighted by Crippen LogP contribution is 2.28. The SMILES string of the molecule is CC(C)(C)OC(=O)NC1=Cc2sccc2C1. The van der Waals surface area contributed by atoms with Crippen molar-refractivity contribution >= 4 is 23.5 Å². The minimum absolute atomic E-state index is 0.381. The molecule has 0 aromatic carbocycles. The number of thiophene rings is 1. The summed E-state index contributed by atoms with van der Waals surface area (Å²) in [6.07, 6.45) is 2.41. The number of carbonyl (C=O) groups is 1. The molecule has 1 amide bonds. The molecule has 1 aliphatic carbocycles. The maximum Gasteiger partial charge on any atom is 0.411 e. The van der Waals surface area contributed by atoms with Crippen molar-refractivity contribution in [2.45, 2.75) is 32.8 Å². The first-order valence-electron chi connectivity index (χ1n) is 5.21. The van der Waals surface area contributed by atoms with E-state index in [4.69, 9.17) is 4.74 Å². The zero-order valence-electron chi connectivity index (χ0n) is 9.66. The minimum atomic E-state index is -0.450. The van der Waals surface area contributed by atoms with Gasteiger partial charge in [0.25, 0.3) is 0 Å². The summed E-state index contributed by atoms with van der Waals surface area (Å²) in [5.74, 6) is 0. The summed E-state index contributed by atoms with van der Waals surface area (Å²) in [4.78, 5) is 12.7. The quantitative estimate of drug-likeness (QED) is 0.814. The van der Waals surface area contributed by atoms with Crippen molar-refractivity contribution < 1.29 is 9.53 Å². The van der Waals surface area contributed by atoms with Gasteiger partial charge in [-0.15, -0.1) is 11.3 Å². The first-order valence-corrected chi connectivity index (χ1v) is 6.09. The summed E-state index contributed by atoms with van der Waals surface area (Å²) < 4.78 is 5.19. The van der Waals surface area contributed by atoms with Crippen molar-refractivity contribution in [2.75, 3.05) is 0 Å². The summed E-state index contributed by atoms with van der Waals surface area (Å²) >= 11 is 1.69. The Kier molecular flexibility index (Phi) is 2.76. The van der Waals surface area contributed by atoms with Crippen LogP contribution in [0.1, 0.15) is 31.2 Å². The monoisotopic (exact) mass is 237 g/mol. The second-order valence-electron chi connectivity index (χ2n) is 4.78. The molecule has 0 spiro atoms. The number of ether oxygens (including phenoxy) is 1. The third-order valence-electron chi connectivity index (χ3n) is 2.13. The van der Waals surface area contributed by atoms with Crippen molar-refractivity contribution in [3.05, 3.63) is 27.6 Å². The number of hydrogen-bond donors (Lipinski definition) is 1. The third kappa shape index (κ3) is 2.64. The number of nitrogens with one attached hydrogen (secondary N) is 1. The van der Waals surface area contributed by atoms with E-state index in [1.165, 1.54) is 10.4 Å². The Morgan fingerprint density at radius 2 is 2.25 bits per heavy atom. The van der Waals surface area contributed by atoms with Crippen molar-refractivity contribution in [2.24, 2.45) is 0 Å². The average molecular weight is 237 g/mol. The Morgan fingerprint density at radius 1 is 1.50 bits per heavy atom. The predicted octanol–water partition coefficient (Wildman–Crippen LogP) is 3.17. The van der Waals surface area contributed by atoms with Gasteiger partial charge in [0.2, 0.25) is 0 Å². The number of rotatable bonds is 1. The Morgan fingerprint density at radius 3 is 2.88 bits per heavy atom. The molecule has 0 fully saturated rings. The van der Waals surface area contributed by atoms with E-state index in [2.05, 4.69) is 16.8 Å². The fourth-order valence-corrected chi connectivity index (χ4v) is 2.43. The van der Waals surface area contributed by atoms with E-state index in [1.54, 1.807) is 11.3 Å². The maximum atomic E-state index is 11.5. The van der Waals surface area contributed by atoms with E-state index in [0.717, 1.165) is 12.1 Å². The van der Waals surface area contributed by atoms with Gasteiger partial charge in [-0.1, -0.05) is 0 Å². The van der Waals surface area contributed by atoms with Crippen molar-refractivity contribution in [1.29, 1.82) is 0 Å². The van der Waals surface area contributed by atoms with Crippen LogP contribution in [0.25, 0.3) is 6.08 Å². The van der Waals surface area contributed by atoms with Gasteiger partial charge in [0, 0.05) is 17.0 Å². The molecule has 0 aliphatic heterocycles. The van der Waals surface area contributed by atoms with Gasteiger partial charge < -0.3 is 4.74 Å². The Bertz CT molecular complexity index is 440. The van der Waals surface area contributed by atoms with Gasteiger partial charge in [0.05, 0.1) is 0 Å². The molecule has 0 saturated heterocycles. The fourth-order valence-electron chi connectivity index (χ4n) is 1.55. The highest BCUT2D eigenvalue weighted by Gasteiger charge is 2.19. The number of fused-ring (bicyclic) bond motifs is 1. The summed E-state index contributed by atoms with van der Waals surface area (Å²) in [6.45, 7) is 5.56. The lowest BCUT2D eigenvalue weighted by atomic mass is 10.2. The van der Waals surface area contributed by atoms with Crippen molar-refractivity contribution in [3.8, 4) is 0 Å². The summed E-state index contributed by atoms with van der Waals surface area (Å²) in [7, 11) is 0. The first kappa shape index (κ1) is 11.2. The van der Waals surface area contributed by atoms with Crippen LogP contribution in [0.5, 0.6) is 0 Å². The van der Waals surface area contributed by atoms with Gasteiger partial charge >= 0.3 is 6.09 Å². The molecule has 2 rings (SSSR count). The fraction of sp³-hybridized carbons (Fsp3) is 0.417. The van der Waals surface area contributed by atoms with Crippen LogP contribution in [-0.2, 0) is 11.2 Å². The van der Waals surface area contributed by atoms with Crippen LogP contribution in [0, 0.1) is 0 Å². The Hall–Kier alpha value is -1.29. The number of alkyl carbamates (subject to hydrolysis) is 1. The van der Waals surface area contributed by atoms with E-state index in [9.17, 15) is 4.79 Å². The van der Waals surface area contributed by atoms with Gasteiger partial charge in [-0.3, -0.25) is 5.32 Å². The molecular weight excluding hydrogens is 222 g/mol. The predicted molar refractivity (Wildman–Crippen MR) is 65.4 cm³/mol. The Labute approximate surface area is 99.1 Å². The molecule has 0 atom stereocenters. The van der Waals surface area contributed by atoms with Crippen LogP contribution in [0.3, 0.4) is 0 Å².